The molecule has 0 N–H and O–H groups in total. The number of unbranched alkanes of at least 4 members (excludes halogenated alkanes) is 5. The Bertz CT molecular complexity index is 1420. The summed E-state index contributed by atoms with van der Waals surface area (Å²) in [6.07, 6.45) is 4.97. The van der Waals surface area contributed by atoms with Crippen molar-refractivity contribution in [1.82, 2.24) is 0 Å². The Morgan fingerprint density at radius 3 is 1.51 bits per heavy atom. The summed E-state index contributed by atoms with van der Waals surface area (Å²) >= 11 is 0. The van der Waals surface area contributed by atoms with Crippen LogP contribution in [0.3, 0.4) is 0 Å². The second-order valence-electron chi connectivity index (χ2n) is 13.0. The molecule has 1 aliphatic rings. The summed E-state index contributed by atoms with van der Waals surface area (Å²) in [6.45, 7) is 6.75. The van der Waals surface area contributed by atoms with Crippen molar-refractivity contribution in [2.24, 2.45) is 0 Å². The Labute approximate surface area is 293 Å². The summed E-state index contributed by atoms with van der Waals surface area (Å²) < 4.78 is 40.5. The summed E-state index contributed by atoms with van der Waals surface area (Å²) in [5, 5.41) is 0. The molecule has 0 spiro atoms. The molecule has 4 aromatic rings. The molecule has 0 saturated carbocycles. The Morgan fingerprint density at radius 1 is 0.531 bits per heavy atom. The van der Waals surface area contributed by atoms with Gasteiger partial charge in [-0.15, -0.1) is 0 Å². The molecule has 0 bridgehead atoms. The molecule has 6 nitrogen and oxygen atoms in total. The number of benzene rings is 4. The van der Waals surface area contributed by atoms with Crippen molar-refractivity contribution in [3.8, 4) is 0 Å². The molecule has 49 heavy (non-hydrogen) atoms. The van der Waals surface area contributed by atoms with E-state index in [2.05, 4.69) is 55.5 Å². The predicted octanol–water partition coefficient (Wildman–Crippen LogP) is 9.45. The van der Waals surface area contributed by atoms with Gasteiger partial charge in [0.15, 0.2) is 5.79 Å². The standard InChI is InChI=1S/C43H54O6/c1-3-4-5-6-7-20-29-48-43(2)42(47-33-38-27-18-11-19-28-38)41(46-32-37-25-16-10-17-26-37)40(45-31-36-23-14-9-15-24-36)39(49-43)34-44-30-35-21-12-8-13-22-35/h8-19,21-28,39-42H,3-7,20,29-34H2,1-2H3/t39-,40-,41+,42-,43+/m1/s1. The first-order valence-corrected chi connectivity index (χ1v) is 18.0. The molecule has 1 fully saturated rings. The summed E-state index contributed by atoms with van der Waals surface area (Å²) in [5.74, 6) is -1.10. The molecular weight excluding hydrogens is 612 g/mol. The maximum atomic E-state index is 6.96. The molecule has 0 amide bonds. The van der Waals surface area contributed by atoms with Crippen molar-refractivity contribution >= 4 is 0 Å². The van der Waals surface area contributed by atoms with Crippen molar-refractivity contribution in [2.45, 2.75) is 109 Å². The molecule has 1 aliphatic heterocycles. The van der Waals surface area contributed by atoms with Gasteiger partial charge < -0.3 is 28.4 Å². The molecule has 0 aromatic heterocycles. The van der Waals surface area contributed by atoms with Gasteiger partial charge in [-0.3, -0.25) is 0 Å². The van der Waals surface area contributed by atoms with Crippen molar-refractivity contribution in [2.75, 3.05) is 13.2 Å². The van der Waals surface area contributed by atoms with E-state index in [1.807, 2.05) is 79.7 Å². The van der Waals surface area contributed by atoms with Crippen LogP contribution in [0.1, 0.15) is 74.6 Å². The highest BCUT2D eigenvalue weighted by atomic mass is 16.7. The summed E-state index contributed by atoms with van der Waals surface area (Å²) in [4.78, 5) is 0. The molecule has 5 atom stereocenters. The van der Waals surface area contributed by atoms with Crippen molar-refractivity contribution in [3.63, 3.8) is 0 Å². The second kappa shape index (κ2) is 20.3. The lowest BCUT2D eigenvalue weighted by atomic mass is 9.92. The van der Waals surface area contributed by atoms with Gasteiger partial charge in [0.2, 0.25) is 0 Å². The van der Waals surface area contributed by atoms with Crippen molar-refractivity contribution in [1.29, 1.82) is 0 Å². The first-order chi connectivity index (χ1) is 24.1. The van der Waals surface area contributed by atoms with Gasteiger partial charge in [-0.1, -0.05) is 160 Å². The molecule has 0 aliphatic carbocycles. The predicted molar refractivity (Wildman–Crippen MR) is 194 cm³/mol. The fraction of sp³-hybridized carbons (Fsp3) is 0.442. The molecule has 4 aromatic carbocycles. The van der Waals surface area contributed by atoms with Crippen LogP contribution < -0.4 is 0 Å². The fourth-order valence-corrected chi connectivity index (χ4v) is 6.31. The highest BCUT2D eigenvalue weighted by Gasteiger charge is 2.55. The molecule has 262 valence electrons. The minimum atomic E-state index is -1.10. The monoisotopic (exact) mass is 666 g/mol. The Hall–Kier alpha value is -3.36. The van der Waals surface area contributed by atoms with Gasteiger partial charge >= 0.3 is 0 Å². The highest BCUT2D eigenvalue weighted by molar-refractivity contribution is 5.16. The summed E-state index contributed by atoms with van der Waals surface area (Å²) in [5.41, 5.74) is 4.31. The smallest absolute Gasteiger partial charge is 0.195 e. The maximum absolute atomic E-state index is 6.96. The average molecular weight is 667 g/mol. The van der Waals surface area contributed by atoms with Gasteiger partial charge in [-0.25, -0.2) is 0 Å². The van der Waals surface area contributed by atoms with E-state index >= 15 is 0 Å². The molecular formula is C43H54O6. The van der Waals surface area contributed by atoms with Crippen LogP contribution in [0.15, 0.2) is 121 Å². The van der Waals surface area contributed by atoms with Crippen molar-refractivity contribution in [3.05, 3.63) is 144 Å². The van der Waals surface area contributed by atoms with Gasteiger partial charge in [0.05, 0.1) is 39.6 Å². The van der Waals surface area contributed by atoms with E-state index in [0.717, 1.165) is 35.1 Å². The lowest BCUT2D eigenvalue weighted by Crippen LogP contribution is -2.67. The van der Waals surface area contributed by atoms with Crippen LogP contribution in [0.2, 0.25) is 0 Å². The Morgan fingerprint density at radius 2 is 0.980 bits per heavy atom. The summed E-state index contributed by atoms with van der Waals surface area (Å²) in [6, 6.07) is 40.8. The van der Waals surface area contributed by atoms with E-state index in [1.54, 1.807) is 0 Å². The lowest BCUT2D eigenvalue weighted by molar-refractivity contribution is -0.376. The fourth-order valence-electron chi connectivity index (χ4n) is 6.31. The van der Waals surface area contributed by atoms with Gasteiger partial charge in [-0.2, -0.15) is 0 Å². The molecule has 1 saturated heterocycles. The average Bonchev–Trinajstić information content (AvgIpc) is 3.14. The third kappa shape index (κ3) is 11.9. The Balaban J connectivity index is 1.42. The van der Waals surface area contributed by atoms with E-state index in [4.69, 9.17) is 28.4 Å². The van der Waals surface area contributed by atoms with E-state index in [9.17, 15) is 0 Å². The number of rotatable bonds is 21. The van der Waals surface area contributed by atoms with Crippen LogP contribution in [-0.2, 0) is 54.8 Å². The van der Waals surface area contributed by atoms with Crippen LogP contribution >= 0.6 is 0 Å². The van der Waals surface area contributed by atoms with Crippen LogP contribution in [0.4, 0.5) is 0 Å². The van der Waals surface area contributed by atoms with Crippen LogP contribution in [0, 0.1) is 0 Å². The van der Waals surface area contributed by atoms with Gasteiger partial charge in [0, 0.05) is 0 Å². The molecule has 0 radical (unpaired) electrons. The number of ether oxygens (including phenoxy) is 6. The van der Waals surface area contributed by atoms with Crippen LogP contribution in [0.25, 0.3) is 0 Å². The third-order valence-electron chi connectivity index (χ3n) is 9.01. The minimum absolute atomic E-state index is 0.306. The van der Waals surface area contributed by atoms with Crippen LogP contribution in [0.5, 0.6) is 0 Å². The van der Waals surface area contributed by atoms with Gasteiger partial charge in [-0.05, 0) is 35.6 Å². The molecule has 5 rings (SSSR count). The zero-order valence-corrected chi connectivity index (χ0v) is 29.3. The minimum Gasteiger partial charge on any atom is -0.374 e. The zero-order chi connectivity index (χ0) is 34.0. The third-order valence-corrected chi connectivity index (χ3v) is 9.01. The Kier molecular flexibility index (Phi) is 15.3. The number of hydrogen-bond acceptors (Lipinski definition) is 6. The molecule has 0 unspecified atom stereocenters. The van der Waals surface area contributed by atoms with Crippen LogP contribution in [-0.4, -0.2) is 43.4 Å². The largest absolute Gasteiger partial charge is 0.374 e. The van der Waals surface area contributed by atoms with Gasteiger partial charge in [0.1, 0.15) is 24.4 Å². The van der Waals surface area contributed by atoms with E-state index in [-0.39, 0.29) is 0 Å². The topological polar surface area (TPSA) is 55.4 Å². The lowest BCUT2D eigenvalue weighted by Gasteiger charge is -2.51. The quantitative estimate of drug-likeness (QED) is 0.0826. The van der Waals surface area contributed by atoms with E-state index in [1.165, 1.54) is 25.7 Å². The molecule has 6 heteroatoms. The van der Waals surface area contributed by atoms with Gasteiger partial charge in [0.25, 0.3) is 0 Å². The zero-order valence-electron chi connectivity index (χ0n) is 29.3. The second-order valence-corrected chi connectivity index (χ2v) is 13.0. The van der Waals surface area contributed by atoms with E-state index < -0.39 is 30.2 Å². The van der Waals surface area contributed by atoms with Crippen molar-refractivity contribution < 1.29 is 28.4 Å². The number of hydrogen-bond donors (Lipinski definition) is 0. The first kappa shape index (κ1) is 36.9. The molecule has 1 heterocycles. The summed E-state index contributed by atoms with van der Waals surface area (Å²) in [7, 11) is 0. The normalized spacial score (nSPS) is 22.2. The highest BCUT2D eigenvalue weighted by Crippen LogP contribution is 2.38. The maximum Gasteiger partial charge on any atom is 0.195 e. The van der Waals surface area contributed by atoms with E-state index in [0.29, 0.717) is 39.6 Å². The SMILES string of the molecule is CCCCCCCCO[C@@]1(C)O[C@H](COCc2ccccc2)[C@@H](OCc2ccccc2)[C@H](OCc2ccccc2)[C@H]1OCc1ccccc1. The first-order valence-electron chi connectivity index (χ1n) is 18.0.